The van der Waals surface area contributed by atoms with E-state index in [1.165, 1.54) is 0 Å². The van der Waals surface area contributed by atoms with Gasteiger partial charge in [0, 0.05) is 11.3 Å². The molecular weight excluding hydrogens is 240 g/mol. The molecule has 0 spiro atoms. The summed E-state index contributed by atoms with van der Waals surface area (Å²) in [6.45, 7) is 0. The molecule has 17 heavy (non-hydrogen) atoms. The van der Waals surface area contributed by atoms with Gasteiger partial charge in [-0.15, -0.1) is 0 Å². The lowest BCUT2D eigenvalue weighted by molar-refractivity contribution is 0.317. The van der Waals surface area contributed by atoms with E-state index in [9.17, 15) is 8.42 Å². The van der Waals surface area contributed by atoms with Gasteiger partial charge in [0.2, 0.25) is 10.0 Å². The number of hydrogen-bond donors (Lipinski definition) is 2. The first kappa shape index (κ1) is 11.9. The molecule has 0 heterocycles. The molecule has 6 heteroatoms. The minimum atomic E-state index is -3.25. The molecule has 0 aliphatic heterocycles. The fourth-order valence-electron chi connectivity index (χ4n) is 2.04. The summed E-state index contributed by atoms with van der Waals surface area (Å²) in [7, 11) is -3.25. The van der Waals surface area contributed by atoms with Gasteiger partial charge in [-0.3, -0.25) is 4.72 Å². The Morgan fingerprint density at radius 1 is 1.35 bits per heavy atom. The number of fused-ring (bicyclic) bond motifs is 1. The lowest BCUT2D eigenvalue weighted by atomic mass is 9.90. The van der Waals surface area contributed by atoms with Gasteiger partial charge in [-0.25, -0.2) is 8.42 Å². The number of nitrogens with zero attached hydrogens (tertiary/aromatic N) is 1. The molecule has 0 amide bonds. The van der Waals surface area contributed by atoms with E-state index >= 15 is 0 Å². The Balaban J connectivity index is 2.38. The first-order valence-corrected chi connectivity index (χ1v) is 7.21. The van der Waals surface area contributed by atoms with E-state index in [-0.39, 0.29) is 0 Å². The van der Waals surface area contributed by atoms with E-state index in [4.69, 9.17) is 5.21 Å². The number of anilines is 1. The summed E-state index contributed by atoms with van der Waals surface area (Å²) < 4.78 is 24.7. The molecule has 0 unspecified atom stereocenters. The Morgan fingerprint density at radius 2 is 2.12 bits per heavy atom. The largest absolute Gasteiger partial charge is 0.411 e. The molecule has 0 radical (unpaired) electrons. The molecule has 92 valence electrons. The molecule has 1 aliphatic carbocycles. The third-order valence-corrected chi connectivity index (χ3v) is 3.31. The van der Waals surface area contributed by atoms with Crippen LogP contribution < -0.4 is 4.72 Å². The maximum Gasteiger partial charge on any atom is 0.229 e. The maximum absolute atomic E-state index is 11.1. The van der Waals surface area contributed by atoms with Crippen LogP contribution in [0.2, 0.25) is 0 Å². The van der Waals surface area contributed by atoms with Crippen molar-refractivity contribution < 1.29 is 13.6 Å². The van der Waals surface area contributed by atoms with Crippen molar-refractivity contribution in [2.75, 3.05) is 11.0 Å². The van der Waals surface area contributed by atoms with Gasteiger partial charge in [-0.1, -0.05) is 11.2 Å². The normalized spacial score (nSPS) is 17.8. The monoisotopic (exact) mass is 254 g/mol. The SMILES string of the molecule is CS(=O)(=O)Nc1ccc2c(c1)CCCC2=NO. The van der Waals surface area contributed by atoms with Crippen LogP contribution in [0.15, 0.2) is 23.4 Å². The van der Waals surface area contributed by atoms with Gasteiger partial charge in [0.25, 0.3) is 0 Å². The smallest absolute Gasteiger partial charge is 0.229 e. The van der Waals surface area contributed by atoms with E-state index < -0.39 is 10.0 Å². The van der Waals surface area contributed by atoms with E-state index in [0.717, 1.165) is 36.6 Å². The summed E-state index contributed by atoms with van der Waals surface area (Å²) in [5.41, 5.74) is 3.12. The fourth-order valence-corrected chi connectivity index (χ4v) is 2.60. The Kier molecular flexibility index (Phi) is 3.06. The lowest BCUT2D eigenvalue weighted by Crippen LogP contribution is -2.14. The van der Waals surface area contributed by atoms with E-state index in [2.05, 4.69) is 9.88 Å². The van der Waals surface area contributed by atoms with E-state index in [1.54, 1.807) is 18.2 Å². The Morgan fingerprint density at radius 3 is 2.76 bits per heavy atom. The topological polar surface area (TPSA) is 78.8 Å². The van der Waals surface area contributed by atoms with Gasteiger partial charge < -0.3 is 5.21 Å². The second-order valence-electron chi connectivity index (χ2n) is 4.15. The number of benzene rings is 1. The fraction of sp³-hybridized carbons (Fsp3) is 0.364. The molecule has 0 aromatic heterocycles. The molecule has 5 nitrogen and oxygen atoms in total. The van der Waals surface area contributed by atoms with Crippen molar-refractivity contribution in [1.82, 2.24) is 0 Å². The summed E-state index contributed by atoms with van der Waals surface area (Å²) in [6, 6.07) is 5.26. The lowest BCUT2D eigenvalue weighted by Gasteiger charge is -2.17. The molecule has 1 aromatic carbocycles. The summed E-state index contributed by atoms with van der Waals surface area (Å²) in [5, 5.41) is 12.1. The summed E-state index contributed by atoms with van der Waals surface area (Å²) in [6.07, 6.45) is 3.65. The molecule has 0 bridgehead atoms. The van der Waals surface area contributed by atoms with Crippen LogP contribution in [0.1, 0.15) is 24.0 Å². The zero-order valence-corrected chi connectivity index (χ0v) is 10.3. The number of rotatable bonds is 2. The number of hydrogen-bond acceptors (Lipinski definition) is 4. The first-order chi connectivity index (χ1) is 7.99. The summed E-state index contributed by atoms with van der Waals surface area (Å²) in [4.78, 5) is 0. The highest BCUT2D eigenvalue weighted by molar-refractivity contribution is 7.92. The average molecular weight is 254 g/mol. The van der Waals surface area contributed by atoms with Gasteiger partial charge in [0.15, 0.2) is 0 Å². The van der Waals surface area contributed by atoms with E-state index in [1.807, 2.05) is 0 Å². The van der Waals surface area contributed by atoms with Crippen molar-refractivity contribution in [3.63, 3.8) is 0 Å². The Hall–Kier alpha value is -1.56. The highest BCUT2D eigenvalue weighted by Crippen LogP contribution is 2.25. The molecule has 2 N–H and O–H groups in total. The zero-order valence-electron chi connectivity index (χ0n) is 9.47. The van der Waals surface area contributed by atoms with Crippen LogP contribution in [0.5, 0.6) is 0 Å². The summed E-state index contributed by atoms with van der Waals surface area (Å²) >= 11 is 0. The minimum Gasteiger partial charge on any atom is -0.411 e. The van der Waals surface area contributed by atoms with E-state index in [0.29, 0.717) is 11.4 Å². The number of nitrogens with one attached hydrogen (secondary N) is 1. The maximum atomic E-state index is 11.1. The Labute approximate surface area is 100 Å². The van der Waals surface area contributed by atoms with Crippen LogP contribution >= 0.6 is 0 Å². The van der Waals surface area contributed by atoms with Gasteiger partial charge in [-0.2, -0.15) is 0 Å². The third-order valence-electron chi connectivity index (χ3n) is 2.70. The van der Waals surface area contributed by atoms with Crippen molar-refractivity contribution >= 4 is 21.4 Å². The molecule has 1 aliphatic rings. The van der Waals surface area contributed by atoms with Gasteiger partial charge in [-0.05, 0) is 37.0 Å². The molecule has 0 saturated carbocycles. The molecule has 0 saturated heterocycles. The summed E-state index contributed by atoms with van der Waals surface area (Å²) in [5.74, 6) is 0. The van der Waals surface area contributed by atoms with Crippen molar-refractivity contribution in [2.24, 2.45) is 5.16 Å². The van der Waals surface area contributed by atoms with Crippen molar-refractivity contribution in [1.29, 1.82) is 0 Å². The van der Waals surface area contributed by atoms with Crippen LogP contribution in [0.25, 0.3) is 0 Å². The number of sulfonamides is 1. The predicted octanol–water partition coefficient (Wildman–Crippen LogP) is 1.57. The van der Waals surface area contributed by atoms with Crippen LogP contribution in [0, 0.1) is 0 Å². The van der Waals surface area contributed by atoms with Crippen LogP contribution in [-0.2, 0) is 16.4 Å². The molecule has 0 atom stereocenters. The second kappa shape index (κ2) is 4.37. The molecular formula is C11H14N2O3S. The minimum absolute atomic E-state index is 0.547. The predicted molar refractivity (Wildman–Crippen MR) is 66.2 cm³/mol. The standard InChI is InChI=1S/C11H14N2O3S/c1-17(15,16)13-9-5-6-10-8(7-9)3-2-4-11(10)12-14/h5-7,13-14H,2-4H2,1H3. The molecule has 0 fully saturated rings. The first-order valence-electron chi connectivity index (χ1n) is 5.31. The van der Waals surface area contributed by atoms with Crippen LogP contribution in [-0.4, -0.2) is 25.6 Å². The van der Waals surface area contributed by atoms with Gasteiger partial charge in [0.1, 0.15) is 0 Å². The highest BCUT2D eigenvalue weighted by atomic mass is 32.2. The molecule has 2 rings (SSSR count). The van der Waals surface area contributed by atoms with Gasteiger partial charge in [0.05, 0.1) is 12.0 Å². The van der Waals surface area contributed by atoms with Gasteiger partial charge >= 0.3 is 0 Å². The van der Waals surface area contributed by atoms with Crippen molar-refractivity contribution in [2.45, 2.75) is 19.3 Å². The number of aryl methyl sites for hydroxylation is 1. The van der Waals surface area contributed by atoms with Crippen LogP contribution in [0.4, 0.5) is 5.69 Å². The van der Waals surface area contributed by atoms with Crippen LogP contribution in [0.3, 0.4) is 0 Å². The average Bonchev–Trinajstić information content (AvgIpc) is 2.25. The quantitative estimate of drug-likeness (QED) is 0.621. The zero-order chi connectivity index (χ0) is 12.5. The number of oxime groups is 1. The molecule has 1 aromatic rings. The Bertz CT molecular complexity index is 564. The highest BCUT2D eigenvalue weighted by Gasteiger charge is 2.16. The van der Waals surface area contributed by atoms with Crippen molar-refractivity contribution in [3.05, 3.63) is 29.3 Å². The van der Waals surface area contributed by atoms with Crippen molar-refractivity contribution in [3.8, 4) is 0 Å². The second-order valence-corrected chi connectivity index (χ2v) is 5.89. The third kappa shape index (κ3) is 2.76.